The maximum absolute atomic E-state index is 6.69. The first-order chi connectivity index (χ1) is 10.2. The van der Waals surface area contributed by atoms with Crippen LogP contribution in [0.3, 0.4) is 0 Å². The summed E-state index contributed by atoms with van der Waals surface area (Å²) in [7, 11) is -1.79. The van der Waals surface area contributed by atoms with Crippen LogP contribution in [0.1, 0.15) is 52.5 Å². The van der Waals surface area contributed by atoms with Crippen molar-refractivity contribution in [2.45, 2.75) is 65.1 Å². The smallest absolute Gasteiger partial charge is 0.250 e. The van der Waals surface area contributed by atoms with Crippen molar-refractivity contribution >= 4 is 14.4 Å². The van der Waals surface area contributed by atoms with Gasteiger partial charge in [0.25, 0.3) is 0 Å². The van der Waals surface area contributed by atoms with Gasteiger partial charge in [-0.25, -0.2) is 0 Å². The Kier molecular flexibility index (Phi) is 5.01. The molecule has 0 spiro atoms. The molecule has 1 aliphatic carbocycles. The van der Waals surface area contributed by atoms with Crippen LogP contribution in [-0.4, -0.2) is 8.32 Å². The third-order valence-electron chi connectivity index (χ3n) is 4.98. The summed E-state index contributed by atoms with van der Waals surface area (Å²) in [6.07, 6.45) is 5.83. The molecule has 1 nitrogen and oxygen atoms in total. The highest BCUT2D eigenvalue weighted by atomic mass is 28.4. The van der Waals surface area contributed by atoms with Crippen LogP contribution in [0.25, 0.3) is 6.08 Å². The second-order valence-corrected chi connectivity index (χ2v) is 12.6. The largest absolute Gasteiger partial charge is 0.543 e. The van der Waals surface area contributed by atoms with Crippen LogP contribution in [0, 0.1) is 0 Å². The summed E-state index contributed by atoms with van der Waals surface area (Å²) in [6, 6.07) is 10.6. The van der Waals surface area contributed by atoms with Crippen molar-refractivity contribution in [1.82, 2.24) is 0 Å². The van der Waals surface area contributed by atoms with E-state index in [0.29, 0.717) is 0 Å². The molecule has 0 heterocycles. The van der Waals surface area contributed by atoms with E-state index in [2.05, 4.69) is 77.2 Å². The summed E-state index contributed by atoms with van der Waals surface area (Å²) in [5.41, 5.74) is 4.06. The number of hydrogen-bond acceptors (Lipinski definition) is 1. The van der Waals surface area contributed by atoms with Crippen molar-refractivity contribution in [2.24, 2.45) is 0 Å². The summed E-state index contributed by atoms with van der Waals surface area (Å²) < 4.78 is 6.69. The SMILES string of the molecule is CC1=C(O[Si](C)(C)C(C)(C)C)/C(=C/c2ccccc2)CCC1. The fourth-order valence-electron chi connectivity index (χ4n) is 2.49. The summed E-state index contributed by atoms with van der Waals surface area (Å²) in [6.45, 7) is 13.8. The van der Waals surface area contributed by atoms with Gasteiger partial charge in [-0.15, -0.1) is 0 Å². The van der Waals surface area contributed by atoms with Gasteiger partial charge in [0.15, 0.2) is 0 Å². The molecule has 0 fully saturated rings. The quantitative estimate of drug-likeness (QED) is 0.575. The Balaban J connectivity index is 2.35. The van der Waals surface area contributed by atoms with E-state index < -0.39 is 8.32 Å². The number of rotatable bonds is 3. The van der Waals surface area contributed by atoms with Crippen molar-refractivity contribution in [1.29, 1.82) is 0 Å². The molecule has 22 heavy (non-hydrogen) atoms. The Morgan fingerprint density at radius 3 is 2.27 bits per heavy atom. The molecule has 2 heteroatoms. The van der Waals surface area contributed by atoms with Crippen LogP contribution in [0.4, 0.5) is 0 Å². The minimum atomic E-state index is -1.79. The van der Waals surface area contributed by atoms with Crippen molar-refractivity contribution in [2.75, 3.05) is 0 Å². The van der Waals surface area contributed by atoms with Crippen LogP contribution >= 0.6 is 0 Å². The predicted molar refractivity (Wildman–Crippen MR) is 99.3 cm³/mol. The first kappa shape index (κ1) is 17.1. The highest BCUT2D eigenvalue weighted by Gasteiger charge is 2.40. The predicted octanol–water partition coefficient (Wildman–Crippen LogP) is 6.55. The molecule has 0 bridgehead atoms. The molecular weight excluding hydrogens is 284 g/mol. The van der Waals surface area contributed by atoms with Gasteiger partial charge in [0.1, 0.15) is 5.76 Å². The van der Waals surface area contributed by atoms with E-state index in [1.165, 1.54) is 28.9 Å². The average Bonchev–Trinajstić information content (AvgIpc) is 2.42. The summed E-state index contributed by atoms with van der Waals surface area (Å²) in [5, 5.41) is 0.232. The molecule has 1 aliphatic rings. The highest BCUT2D eigenvalue weighted by molar-refractivity contribution is 6.74. The molecule has 0 amide bonds. The summed E-state index contributed by atoms with van der Waals surface area (Å²) in [4.78, 5) is 0. The zero-order chi connectivity index (χ0) is 16.4. The minimum Gasteiger partial charge on any atom is -0.543 e. The van der Waals surface area contributed by atoms with Gasteiger partial charge in [-0.1, -0.05) is 51.1 Å². The molecule has 1 aromatic carbocycles. The lowest BCUT2D eigenvalue weighted by Crippen LogP contribution is -2.41. The molecule has 0 radical (unpaired) electrons. The molecule has 0 aromatic heterocycles. The lowest BCUT2D eigenvalue weighted by molar-refractivity contribution is 0.376. The number of hydrogen-bond donors (Lipinski definition) is 0. The molecule has 1 aromatic rings. The van der Waals surface area contributed by atoms with Gasteiger partial charge < -0.3 is 4.43 Å². The van der Waals surface area contributed by atoms with Gasteiger partial charge >= 0.3 is 0 Å². The van der Waals surface area contributed by atoms with Gasteiger partial charge in [-0.2, -0.15) is 0 Å². The second-order valence-electron chi connectivity index (χ2n) is 7.91. The molecular formula is C20H30OSi. The molecule has 0 N–H and O–H groups in total. The van der Waals surface area contributed by atoms with Crippen LogP contribution < -0.4 is 0 Å². The zero-order valence-corrected chi connectivity index (χ0v) is 16.0. The third-order valence-corrected chi connectivity index (χ3v) is 9.31. The van der Waals surface area contributed by atoms with Crippen LogP contribution in [-0.2, 0) is 4.43 Å². The van der Waals surface area contributed by atoms with Crippen molar-refractivity contribution in [3.63, 3.8) is 0 Å². The standard InChI is InChI=1S/C20H30OSi/c1-16-11-10-14-18(15-17-12-8-7-9-13-17)19(16)21-22(5,6)20(2,3)4/h7-9,12-13,15H,10-11,14H2,1-6H3/b18-15+. The molecule has 0 aliphatic heterocycles. The Hall–Kier alpha value is -1.28. The molecule has 0 atom stereocenters. The first-order valence-corrected chi connectivity index (χ1v) is 11.3. The lowest BCUT2D eigenvalue weighted by Gasteiger charge is -2.39. The second kappa shape index (κ2) is 6.45. The van der Waals surface area contributed by atoms with E-state index in [4.69, 9.17) is 4.43 Å². The molecule has 0 saturated heterocycles. The maximum atomic E-state index is 6.69. The zero-order valence-electron chi connectivity index (χ0n) is 15.0. The van der Waals surface area contributed by atoms with Gasteiger partial charge in [0.2, 0.25) is 8.32 Å². The monoisotopic (exact) mass is 314 g/mol. The summed E-state index contributed by atoms with van der Waals surface area (Å²) in [5.74, 6) is 1.18. The lowest BCUT2D eigenvalue weighted by atomic mass is 9.93. The number of allylic oxidation sites excluding steroid dienone is 2. The van der Waals surface area contributed by atoms with Crippen LogP contribution in [0.2, 0.25) is 18.1 Å². The molecule has 0 unspecified atom stereocenters. The van der Waals surface area contributed by atoms with Gasteiger partial charge in [0.05, 0.1) is 0 Å². The van der Waals surface area contributed by atoms with Crippen LogP contribution in [0.5, 0.6) is 0 Å². The Labute approximate surface area is 137 Å². The Morgan fingerprint density at radius 2 is 1.68 bits per heavy atom. The molecule has 2 rings (SSSR count). The van der Waals surface area contributed by atoms with Gasteiger partial charge in [-0.3, -0.25) is 0 Å². The van der Waals surface area contributed by atoms with E-state index in [0.717, 1.165) is 12.8 Å². The fraction of sp³-hybridized carbons (Fsp3) is 0.500. The third kappa shape index (κ3) is 3.92. The van der Waals surface area contributed by atoms with E-state index in [9.17, 15) is 0 Å². The van der Waals surface area contributed by atoms with E-state index in [1.54, 1.807) is 0 Å². The van der Waals surface area contributed by atoms with E-state index >= 15 is 0 Å². The van der Waals surface area contributed by atoms with Crippen molar-refractivity contribution in [3.05, 3.63) is 52.8 Å². The van der Waals surface area contributed by atoms with E-state index in [-0.39, 0.29) is 5.04 Å². The average molecular weight is 315 g/mol. The van der Waals surface area contributed by atoms with Crippen LogP contribution in [0.15, 0.2) is 47.2 Å². The minimum absolute atomic E-state index is 0.232. The fourth-order valence-corrected chi connectivity index (χ4v) is 3.62. The first-order valence-electron chi connectivity index (χ1n) is 8.35. The normalized spacial score (nSPS) is 18.7. The molecule has 0 saturated carbocycles. The highest BCUT2D eigenvalue weighted by Crippen LogP contribution is 2.41. The molecule has 120 valence electrons. The van der Waals surface area contributed by atoms with Crippen molar-refractivity contribution < 1.29 is 4.43 Å². The Bertz CT molecular complexity index is 573. The van der Waals surface area contributed by atoms with Gasteiger partial charge in [0, 0.05) is 0 Å². The Morgan fingerprint density at radius 1 is 1.05 bits per heavy atom. The van der Waals surface area contributed by atoms with Crippen molar-refractivity contribution in [3.8, 4) is 0 Å². The van der Waals surface area contributed by atoms with E-state index in [1.807, 2.05) is 0 Å². The van der Waals surface area contributed by atoms with Gasteiger partial charge in [-0.05, 0) is 67.1 Å². The summed E-state index contributed by atoms with van der Waals surface area (Å²) >= 11 is 0. The number of benzene rings is 1. The maximum Gasteiger partial charge on any atom is 0.250 e. The topological polar surface area (TPSA) is 9.23 Å².